The topological polar surface area (TPSA) is 68.3 Å². The summed E-state index contributed by atoms with van der Waals surface area (Å²) in [6.45, 7) is 1.84. The monoisotopic (exact) mass is 342 g/mol. The van der Waals surface area contributed by atoms with Crippen LogP contribution in [0.15, 0.2) is 24.3 Å². The van der Waals surface area contributed by atoms with Gasteiger partial charge in [-0.3, -0.25) is 4.84 Å². The summed E-state index contributed by atoms with van der Waals surface area (Å²) in [6, 6.07) is 7.10. The lowest BCUT2D eigenvalue weighted by molar-refractivity contribution is -0.110. The van der Waals surface area contributed by atoms with Crippen molar-refractivity contribution in [3.05, 3.63) is 29.8 Å². The van der Waals surface area contributed by atoms with Crippen molar-refractivity contribution in [2.45, 2.75) is 11.3 Å². The molecule has 2 fully saturated rings. The van der Waals surface area contributed by atoms with Gasteiger partial charge in [0.15, 0.2) is 0 Å². The van der Waals surface area contributed by atoms with Crippen LogP contribution in [-0.2, 0) is 19.6 Å². The normalized spacial score (nSPS) is 27.2. The summed E-state index contributed by atoms with van der Waals surface area (Å²) in [4.78, 5) is 5.53. The molecule has 7 nitrogen and oxygen atoms in total. The molecule has 128 valence electrons. The molecule has 0 aromatic heterocycles. The van der Waals surface area contributed by atoms with Gasteiger partial charge in [-0.25, -0.2) is 8.42 Å². The van der Waals surface area contributed by atoms with Crippen molar-refractivity contribution in [2.75, 3.05) is 47.1 Å². The smallest absolute Gasteiger partial charge is 0.221 e. The molecule has 0 radical (unpaired) electrons. The molecule has 0 spiro atoms. The van der Waals surface area contributed by atoms with Crippen molar-refractivity contribution in [3.63, 3.8) is 0 Å². The molecule has 0 aliphatic carbocycles. The molecular weight excluding hydrogens is 320 g/mol. The summed E-state index contributed by atoms with van der Waals surface area (Å²) in [5.74, 6) is 0.739. The van der Waals surface area contributed by atoms with Crippen molar-refractivity contribution in [3.8, 4) is 5.75 Å². The second-order valence-corrected chi connectivity index (χ2v) is 7.81. The molecule has 23 heavy (non-hydrogen) atoms. The first-order chi connectivity index (χ1) is 11.0. The highest BCUT2D eigenvalue weighted by Gasteiger charge is 2.45. The lowest BCUT2D eigenvalue weighted by atomic mass is 10.0. The molecule has 0 bridgehead atoms. The molecule has 2 saturated heterocycles. The van der Waals surface area contributed by atoms with Crippen LogP contribution in [0.3, 0.4) is 0 Å². The first-order valence-corrected chi connectivity index (χ1v) is 9.11. The number of morpholine rings is 1. The lowest BCUT2D eigenvalue weighted by Gasteiger charge is -2.31. The van der Waals surface area contributed by atoms with Crippen molar-refractivity contribution in [2.24, 2.45) is 0 Å². The fourth-order valence-corrected chi connectivity index (χ4v) is 4.99. The first-order valence-electron chi connectivity index (χ1n) is 7.60. The first kappa shape index (κ1) is 16.7. The van der Waals surface area contributed by atoms with E-state index in [0.717, 1.165) is 11.3 Å². The molecule has 0 amide bonds. The highest BCUT2D eigenvalue weighted by molar-refractivity contribution is 7.89. The Bertz CT molecular complexity index is 628. The van der Waals surface area contributed by atoms with E-state index in [1.807, 2.05) is 24.3 Å². The summed E-state index contributed by atoms with van der Waals surface area (Å²) in [5, 5.41) is 1.00. The second kappa shape index (κ2) is 6.74. The zero-order chi connectivity index (χ0) is 16.4. The predicted molar refractivity (Wildman–Crippen MR) is 84.5 cm³/mol. The molecule has 8 heteroatoms. The number of hydroxylamine groups is 2. The van der Waals surface area contributed by atoms with Crippen LogP contribution < -0.4 is 4.74 Å². The van der Waals surface area contributed by atoms with Crippen LogP contribution in [0.25, 0.3) is 0 Å². The minimum atomic E-state index is -3.45. The Hall–Kier alpha value is -1.19. The van der Waals surface area contributed by atoms with Gasteiger partial charge in [0.05, 0.1) is 33.0 Å². The molecule has 1 aromatic carbocycles. The summed E-state index contributed by atoms with van der Waals surface area (Å²) < 4.78 is 37.9. The molecular formula is C15H22N2O5S. The van der Waals surface area contributed by atoms with Gasteiger partial charge >= 0.3 is 0 Å². The number of rotatable bonds is 4. The van der Waals surface area contributed by atoms with Gasteiger partial charge in [0, 0.05) is 20.1 Å². The van der Waals surface area contributed by atoms with Crippen LogP contribution in [0.2, 0.25) is 0 Å². The van der Waals surface area contributed by atoms with Crippen LogP contribution in [-0.4, -0.2) is 70.1 Å². The lowest BCUT2D eigenvalue weighted by Crippen LogP contribution is -2.47. The highest BCUT2D eigenvalue weighted by Crippen LogP contribution is 2.35. The Morgan fingerprint density at radius 2 is 1.83 bits per heavy atom. The van der Waals surface area contributed by atoms with Crippen LogP contribution in [0, 0.1) is 0 Å². The number of hydrogen-bond donors (Lipinski definition) is 0. The largest absolute Gasteiger partial charge is 0.497 e. The van der Waals surface area contributed by atoms with E-state index < -0.39 is 15.3 Å². The molecule has 0 N–H and O–H groups in total. The summed E-state index contributed by atoms with van der Waals surface area (Å²) in [5.41, 5.74) is 0.896. The van der Waals surface area contributed by atoms with Crippen LogP contribution in [0.1, 0.15) is 11.6 Å². The third-order valence-corrected chi connectivity index (χ3v) is 6.60. The van der Waals surface area contributed by atoms with Gasteiger partial charge in [-0.05, 0) is 17.7 Å². The maximum absolute atomic E-state index is 13.0. The standard InChI is InChI=1S/C15H22N2O5S/c1-16-15(12-3-5-13(20-2)6-4-12)14(11-22-16)23(18,19)17-7-9-21-10-8-17/h3-6,14-15H,7-11H2,1-2H3/t14-,15-/m1/s1. The molecule has 2 aliphatic heterocycles. The van der Waals surface area contributed by atoms with Gasteiger partial charge < -0.3 is 9.47 Å². The summed E-state index contributed by atoms with van der Waals surface area (Å²) in [6.07, 6.45) is 0. The van der Waals surface area contributed by atoms with Gasteiger partial charge in [-0.1, -0.05) is 12.1 Å². The quantitative estimate of drug-likeness (QED) is 0.800. The van der Waals surface area contributed by atoms with E-state index in [4.69, 9.17) is 14.3 Å². The minimum absolute atomic E-state index is 0.160. The van der Waals surface area contributed by atoms with Crippen LogP contribution in [0.5, 0.6) is 5.75 Å². The van der Waals surface area contributed by atoms with E-state index in [1.54, 1.807) is 19.2 Å². The molecule has 2 heterocycles. The Labute approximate surface area is 136 Å². The van der Waals surface area contributed by atoms with E-state index >= 15 is 0 Å². The van der Waals surface area contributed by atoms with Gasteiger partial charge in [0.25, 0.3) is 0 Å². The van der Waals surface area contributed by atoms with Gasteiger partial charge in [0.1, 0.15) is 11.0 Å². The predicted octanol–water partition coefficient (Wildman–Crippen LogP) is 0.644. The number of benzene rings is 1. The van der Waals surface area contributed by atoms with E-state index in [2.05, 4.69) is 0 Å². The molecule has 2 aliphatic rings. The SMILES string of the molecule is COc1ccc([C@@H]2[C@H](S(=O)(=O)N3CCOCC3)CON2C)cc1. The number of methoxy groups -OCH3 is 1. The Morgan fingerprint density at radius 1 is 1.17 bits per heavy atom. The van der Waals surface area contributed by atoms with Gasteiger partial charge in [0.2, 0.25) is 10.0 Å². The average Bonchev–Trinajstić information content (AvgIpc) is 2.98. The zero-order valence-corrected chi connectivity index (χ0v) is 14.2. The van der Waals surface area contributed by atoms with Gasteiger partial charge in [-0.2, -0.15) is 9.37 Å². The number of sulfonamides is 1. The number of nitrogens with zero attached hydrogens (tertiary/aromatic N) is 2. The number of ether oxygens (including phenoxy) is 2. The number of hydrogen-bond acceptors (Lipinski definition) is 6. The Kier molecular flexibility index (Phi) is 4.88. The molecule has 2 atom stereocenters. The van der Waals surface area contributed by atoms with Crippen molar-refractivity contribution in [1.82, 2.24) is 9.37 Å². The zero-order valence-electron chi connectivity index (χ0n) is 13.3. The summed E-state index contributed by atoms with van der Waals surface area (Å²) >= 11 is 0. The van der Waals surface area contributed by atoms with Crippen molar-refractivity contribution >= 4 is 10.0 Å². The molecule has 1 aromatic rings. The van der Waals surface area contributed by atoms with Crippen molar-refractivity contribution < 1.29 is 22.7 Å². The molecule has 3 rings (SSSR count). The van der Waals surface area contributed by atoms with E-state index in [9.17, 15) is 8.42 Å². The fraction of sp³-hybridized carbons (Fsp3) is 0.600. The van der Waals surface area contributed by atoms with E-state index in [0.29, 0.717) is 26.3 Å². The minimum Gasteiger partial charge on any atom is -0.497 e. The van der Waals surface area contributed by atoms with Crippen molar-refractivity contribution in [1.29, 1.82) is 0 Å². The maximum atomic E-state index is 13.0. The summed E-state index contributed by atoms with van der Waals surface area (Å²) in [7, 11) is -0.0820. The van der Waals surface area contributed by atoms with Gasteiger partial charge in [-0.15, -0.1) is 0 Å². The van der Waals surface area contributed by atoms with Crippen LogP contribution >= 0.6 is 0 Å². The molecule has 0 saturated carbocycles. The maximum Gasteiger partial charge on any atom is 0.221 e. The molecule has 0 unspecified atom stereocenters. The Morgan fingerprint density at radius 3 is 2.43 bits per heavy atom. The third-order valence-electron chi connectivity index (χ3n) is 4.36. The second-order valence-electron chi connectivity index (χ2n) is 5.65. The fourth-order valence-electron chi connectivity index (χ4n) is 3.06. The van der Waals surface area contributed by atoms with Crippen LogP contribution in [0.4, 0.5) is 0 Å². The average molecular weight is 342 g/mol. The van der Waals surface area contributed by atoms with E-state index in [1.165, 1.54) is 4.31 Å². The highest BCUT2D eigenvalue weighted by atomic mass is 32.2. The Balaban J connectivity index is 1.87. The third kappa shape index (κ3) is 3.22. The van der Waals surface area contributed by atoms with E-state index in [-0.39, 0.29) is 12.6 Å².